The number of benzene rings is 1. The van der Waals surface area contributed by atoms with Gasteiger partial charge in [-0.1, -0.05) is 51.1 Å². The van der Waals surface area contributed by atoms with E-state index in [4.69, 9.17) is 4.98 Å². The molecule has 0 aliphatic rings. The van der Waals surface area contributed by atoms with Crippen molar-refractivity contribution in [3.63, 3.8) is 0 Å². The number of hydrogen-bond acceptors (Lipinski definition) is 3. The fourth-order valence-electron chi connectivity index (χ4n) is 2.01. The molecule has 0 atom stereocenters. The van der Waals surface area contributed by atoms with Gasteiger partial charge in [0.25, 0.3) is 0 Å². The highest BCUT2D eigenvalue weighted by atomic mass is 79.9. The van der Waals surface area contributed by atoms with Crippen molar-refractivity contribution in [2.45, 2.75) is 32.6 Å². The van der Waals surface area contributed by atoms with Gasteiger partial charge in [-0.25, -0.2) is 9.97 Å². The molecule has 0 bridgehead atoms. The van der Waals surface area contributed by atoms with Crippen molar-refractivity contribution in [3.05, 3.63) is 51.9 Å². The van der Waals surface area contributed by atoms with E-state index in [0.717, 1.165) is 28.2 Å². The molecule has 0 amide bonds. The van der Waals surface area contributed by atoms with E-state index >= 15 is 0 Å². The lowest BCUT2D eigenvalue weighted by Gasteiger charge is -2.21. The third-order valence-corrected chi connectivity index (χ3v) is 3.80. The van der Waals surface area contributed by atoms with Gasteiger partial charge in [-0.15, -0.1) is 0 Å². The molecule has 0 aliphatic carbocycles. The zero-order valence-corrected chi connectivity index (χ0v) is 14.0. The minimum Gasteiger partial charge on any atom is -0.372 e. The van der Waals surface area contributed by atoms with Crippen LogP contribution < -0.4 is 5.32 Å². The van der Waals surface area contributed by atoms with Gasteiger partial charge >= 0.3 is 0 Å². The SMILES string of the molecule is CNc1nc(Cc2ccccc2)nc(C(C)(C)C)c1Br. The quantitative estimate of drug-likeness (QED) is 0.915. The molecule has 2 aromatic rings. The Hall–Kier alpha value is -1.42. The average molecular weight is 334 g/mol. The predicted molar refractivity (Wildman–Crippen MR) is 87.2 cm³/mol. The van der Waals surface area contributed by atoms with E-state index in [0.29, 0.717) is 0 Å². The summed E-state index contributed by atoms with van der Waals surface area (Å²) in [7, 11) is 1.88. The molecule has 1 aromatic carbocycles. The Morgan fingerprint density at radius 3 is 2.30 bits per heavy atom. The molecular formula is C16H20BrN3. The lowest BCUT2D eigenvalue weighted by molar-refractivity contribution is 0.559. The fourth-order valence-corrected chi connectivity index (χ4v) is 2.98. The van der Waals surface area contributed by atoms with Gasteiger partial charge in [-0.2, -0.15) is 0 Å². The van der Waals surface area contributed by atoms with Crippen molar-refractivity contribution in [3.8, 4) is 0 Å². The maximum atomic E-state index is 4.75. The molecule has 0 unspecified atom stereocenters. The second kappa shape index (κ2) is 5.92. The Labute approximate surface area is 129 Å². The number of hydrogen-bond donors (Lipinski definition) is 1. The molecule has 2 rings (SSSR count). The van der Waals surface area contributed by atoms with Crippen LogP contribution in [0.15, 0.2) is 34.8 Å². The van der Waals surface area contributed by atoms with Crippen LogP contribution in [0.3, 0.4) is 0 Å². The number of rotatable bonds is 3. The van der Waals surface area contributed by atoms with Crippen LogP contribution in [-0.2, 0) is 11.8 Å². The molecule has 1 aromatic heterocycles. The van der Waals surface area contributed by atoms with Gasteiger partial charge in [0.15, 0.2) is 0 Å². The molecule has 0 saturated heterocycles. The molecule has 1 N–H and O–H groups in total. The number of nitrogens with one attached hydrogen (secondary N) is 1. The van der Waals surface area contributed by atoms with Crippen molar-refractivity contribution >= 4 is 21.7 Å². The van der Waals surface area contributed by atoms with Gasteiger partial charge < -0.3 is 5.32 Å². The minimum atomic E-state index is -0.0290. The van der Waals surface area contributed by atoms with Crippen molar-refractivity contribution in [2.24, 2.45) is 0 Å². The van der Waals surface area contributed by atoms with Gasteiger partial charge in [-0.05, 0) is 21.5 Å². The molecular weight excluding hydrogens is 314 g/mol. The fraction of sp³-hybridized carbons (Fsp3) is 0.375. The van der Waals surface area contributed by atoms with E-state index in [1.165, 1.54) is 5.56 Å². The summed E-state index contributed by atoms with van der Waals surface area (Å²) in [6.45, 7) is 6.48. The molecule has 0 saturated carbocycles. The Kier molecular flexibility index (Phi) is 4.43. The Morgan fingerprint density at radius 1 is 1.10 bits per heavy atom. The van der Waals surface area contributed by atoms with Crippen molar-refractivity contribution in [1.29, 1.82) is 0 Å². The summed E-state index contributed by atoms with van der Waals surface area (Å²) < 4.78 is 0.948. The van der Waals surface area contributed by atoms with E-state index in [2.05, 4.69) is 59.1 Å². The largest absolute Gasteiger partial charge is 0.372 e. The lowest BCUT2D eigenvalue weighted by atomic mass is 9.91. The van der Waals surface area contributed by atoms with Crippen molar-refractivity contribution in [2.75, 3.05) is 12.4 Å². The predicted octanol–water partition coefficient (Wildman–Crippen LogP) is 4.17. The van der Waals surface area contributed by atoms with Crippen LogP contribution in [0.5, 0.6) is 0 Å². The lowest BCUT2D eigenvalue weighted by Crippen LogP contribution is -2.18. The number of nitrogens with zero attached hydrogens (tertiary/aromatic N) is 2. The second-order valence-electron chi connectivity index (χ2n) is 5.81. The van der Waals surface area contributed by atoms with E-state index in [1.807, 2.05) is 25.2 Å². The maximum absolute atomic E-state index is 4.75. The topological polar surface area (TPSA) is 37.8 Å². The second-order valence-corrected chi connectivity index (χ2v) is 6.61. The Balaban J connectivity index is 2.44. The van der Waals surface area contributed by atoms with Crippen LogP contribution in [0.2, 0.25) is 0 Å². The highest BCUT2D eigenvalue weighted by Gasteiger charge is 2.22. The number of halogens is 1. The van der Waals surface area contributed by atoms with Gasteiger partial charge in [0.05, 0.1) is 10.2 Å². The summed E-state index contributed by atoms with van der Waals surface area (Å²) in [5.74, 6) is 1.68. The van der Waals surface area contributed by atoms with Crippen LogP contribution in [0.25, 0.3) is 0 Å². The first-order valence-electron chi connectivity index (χ1n) is 6.70. The summed E-state index contributed by atoms with van der Waals surface area (Å²) in [4.78, 5) is 9.34. The van der Waals surface area contributed by atoms with Crippen LogP contribution in [0.1, 0.15) is 37.9 Å². The smallest absolute Gasteiger partial charge is 0.144 e. The van der Waals surface area contributed by atoms with Gasteiger partial charge in [-0.3, -0.25) is 0 Å². The van der Waals surface area contributed by atoms with Crippen LogP contribution in [0, 0.1) is 0 Å². The molecule has 0 fully saturated rings. The van der Waals surface area contributed by atoms with E-state index in [-0.39, 0.29) is 5.41 Å². The summed E-state index contributed by atoms with van der Waals surface area (Å²) in [5, 5.41) is 3.14. The third kappa shape index (κ3) is 3.37. The normalized spacial score (nSPS) is 11.4. The molecule has 106 valence electrons. The van der Waals surface area contributed by atoms with Crippen LogP contribution in [0.4, 0.5) is 5.82 Å². The first kappa shape index (κ1) is 15.0. The molecule has 3 nitrogen and oxygen atoms in total. The highest BCUT2D eigenvalue weighted by molar-refractivity contribution is 9.10. The van der Waals surface area contributed by atoms with Crippen LogP contribution in [-0.4, -0.2) is 17.0 Å². The molecule has 4 heteroatoms. The summed E-state index contributed by atoms with van der Waals surface area (Å²) >= 11 is 3.61. The van der Waals surface area contributed by atoms with Gasteiger partial charge in [0, 0.05) is 18.9 Å². The van der Waals surface area contributed by atoms with E-state index < -0.39 is 0 Å². The Bertz CT molecular complexity index is 589. The number of aromatic nitrogens is 2. The molecule has 1 heterocycles. The maximum Gasteiger partial charge on any atom is 0.144 e. The summed E-state index contributed by atoms with van der Waals surface area (Å²) in [6, 6.07) is 10.3. The monoisotopic (exact) mass is 333 g/mol. The first-order valence-corrected chi connectivity index (χ1v) is 7.49. The van der Waals surface area contributed by atoms with Crippen molar-refractivity contribution < 1.29 is 0 Å². The molecule has 0 spiro atoms. The highest BCUT2D eigenvalue weighted by Crippen LogP contribution is 2.32. The minimum absolute atomic E-state index is 0.0290. The van der Waals surface area contributed by atoms with Crippen molar-refractivity contribution in [1.82, 2.24) is 9.97 Å². The zero-order chi connectivity index (χ0) is 14.8. The first-order chi connectivity index (χ1) is 9.41. The van der Waals surface area contributed by atoms with E-state index in [9.17, 15) is 0 Å². The standard InChI is InChI=1S/C16H20BrN3/c1-16(2,3)14-13(17)15(18-4)20-12(19-14)10-11-8-6-5-7-9-11/h5-9H,10H2,1-4H3,(H,18,19,20). The molecule has 0 radical (unpaired) electrons. The molecule has 0 aliphatic heterocycles. The third-order valence-electron chi connectivity index (χ3n) is 3.05. The van der Waals surface area contributed by atoms with Crippen LogP contribution >= 0.6 is 15.9 Å². The van der Waals surface area contributed by atoms with E-state index in [1.54, 1.807) is 0 Å². The summed E-state index contributed by atoms with van der Waals surface area (Å²) in [6.07, 6.45) is 0.742. The van der Waals surface area contributed by atoms with Gasteiger partial charge in [0.1, 0.15) is 11.6 Å². The molecule has 20 heavy (non-hydrogen) atoms. The zero-order valence-electron chi connectivity index (χ0n) is 12.4. The average Bonchev–Trinajstić information content (AvgIpc) is 2.40. The summed E-state index contributed by atoms with van der Waals surface area (Å²) in [5.41, 5.74) is 2.22. The Morgan fingerprint density at radius 2 is 1.75 bits per heavy atom. The van der Waals surface area contributed by atoms with Gasteiger partial charge in [0.2, 0.25) is 0 Å². The number of anilines is 1.